The fraction of sp³-hybridized carbons (Fsp3) is 0.857. The first-order valence-electron chi connectivity index (χ1n) is 7.40. The van der Waals surface area contributed by atoms with Gasteiger partial charge in [0.1, 0.15) is 6.10 Å². The molecule has 1 unspecified atom stereocenters. The van der Waals surface area contributed by atoms with Gasteiger partial charge in [-0.2, -0.15) is 0 Å². The standard InChI is InChI=1S/C14H23NO5/c1-2-8-19-10-4-3-7-15(9-10)13(16)11-5-6-12(20-11)14(17)18/h10-12H,2-9H2,1H3,(H,17,18)/t10?,11-,12+/m0/s1. The number of hydrogen-bond acceptors (Lipinski definition) is 4. The van der Waals surface area contributed by atoms with Gasteiger partial charge in [0.25, 0.3) is 5.91 Å². The summed E-state index contributed by atoms with van der Waals surface area (Å²) in [4.78, 5) is 24.9. The summed E-state index contributed by atoms with van der Waals surface area (Å²) in [5.74, 6) is -1.07. The molecule has 2 fully saturated rings. The molecule has 20 heavy (non-hydrogen) atoms. The van der Waals surface area contributed by atoms with E-state index < -0.39 is 18.2 Å². The molecule has 1 N–H and O–H groups in total. The van der Waals surface area contributed by atoms with E-state index in [2.05, 4.69) is 6.92 Å². The van der Waals surface area contributed by atoms with Gasteiger partial charge in [0.2, 0.25) is 0 Å². The summed E-state index contributed by atoms with van der Waals surface area (Å²) in [5.41, 5.74) is 0. The van der Waals surface area contributed by atoms with Crippen molar-refractivity contribution in [2.45, 2.75) is 57.3 Å². The topological polar surface area (TPSA) is 76.1 Å². The number of amides is 1. The molecule has 6 heteroatoms. The van der Waals surface area contributed by atoms with E-state index in [0.717, 1.165) is 19.3 Å². The average molecular weight is 285 g/mol. The van der Waals surface area contributed by atoms with E-state index in [-0.39, 0.29) is 12.0 Å². The Balaban J connectivity index is 1.84. The molecule has 0 bridgehead atoms. The molecule has 114 valence electrons. The first kappa shape index (κ1) is 15.3. The third-order valence-electron chi connectivity index (χ3n) is 3.82. The second-order valence-corrected chi connectivity index (χ2v) is 5.45. The molecule has 2 aliphatic rings. The smallest absolute Gasteiger partial charge is 0.332 e. The van der Waals surface area contributed by atoms with Gasteiger partial charge in [-0.05, 0) is 32.1 Å². The van der Waals surface area contributed by atoms with Gasteiger partial charge in [-0.1, -0.05) is 6.92 Å². The van der Waals surface area contributed by atoms with Crippen molar-refractivity contribution < 1.29 is 24.2 Å². The highest BCUT2D eigenvalue weighted by atomic mass is 16.5. The second kappa shape index (κ2) is 7.04. The van der Waals surface area contributed by atoms with Crippen molar-refractivity contribution in [3.8, 4) is 0 Å². The Morgan fingerprint density at radius 1 is 1.30 bits per heavy atom. The Bertz CT molecular complexity index is 359. The zero-order chi connectivity index (χ0) is 14.5. The normalized spacial score (nSPS) is 30.4. The zero-order valence-corrected chi connectivity index (χ0v) is 11.9. The fourth-order valence-corrected chi connectivity index (χ4v) is 2.76. The van der Waals surface area contributed by atoms with Crippen molar-refractivity contribution in [2.75, 3.05) is 19.7 Å². The third kappa shape index (κ3) is 3.70. The SMILES string of the molecule is CCCOC1CCCN(C(=O)[C@@H]2CC[C@H](C(=O)O)O2)C1. The number of hydrogen-bond donors (Lipinski definition) is 1. The fourth-order valence-electron chi connectivity index (χ4n) is 2.76. The summed E-state index contributed by atoms with van der Waals surface area (Å²) >= 11 is 0. The van der Waals surface area contributed by atoms with Crippen LogP contribution >= 0.6 is 0 Å². The van der Waals surface area contributed by atoms with Gasteiger partial charge in [0.05, 0.1) is 6.10 Å². The van der Waals surface area contributed by atoms with Crippen LogP contribution < -0.4 is 0 Å². The second-order valence-electron chi connectivity index (χ2n) is 5.45. The molecule has 0 aromatic rings. The van der Waals surface area contributed by atoms with E-state index in [9.17, 15) is 9.59 Å². The number of likely N-dealkylation sites (tertiary alicyclic amines) is 1. The number of carbonyl (C=O) groups is 2. The maximum Gasteiger partial charge on any atom is 0.332 e. The van der Waals surface area contributed by atoms with E-state index in [1.807, 2.05) is 0 Å². The Morgan fingerprint density at radius 2 is 2.05 bits per heavy atom. The van der Waals surface area contributed by atoms with Crippen LogP contribution in [0.1, 0.15) is 39.0 Å². The maximum absolute atomic E-state index is 12.3. The number of carboxylic acids is 1. The van der Waals surface area contributed by atoms with Gasteiger partial charge in [0.15, 0.2) is 6.10 Å². The maximum atomic E-state index is 12.3. The number of carbonyl (C=O) groups excluding carboxylic acids is 1. The zero-order valence-electron chi connectivity index (χ0n) is 11.9. The minimum absolute atomic E-state index is 0.0847. The van der Waals surface area contributed by atoms with Crippen LogP contribution in [-0.4, -0.2) is 59.9 Å². The van der Waals surface area contributed by atoms with Gasteiger partial charge >= 0.3 is 5.97 Å². The number of piperidine rings is 1. The van der Waals surface area contributed by atoms with Gasteiger partial charge < -0.3 is 19.5 Å². The first-order valence-corrected chi connectivity index (χ1v) is 7.40. The molecule has 0 radical (unpaired) electrons. The molecule has 0 spiro atoms. The monoisotopic (exact) mass is 285 g/mol. The lowest BCUT2D eigenvalue weighted by atomic mass is 10.1. The highest BCUT2D eigenvalue weighted by Gasteiger charge is 2.38. The summed E-state index contributed by atoms with van der Waals surface area (Å²) < 4.78 is 11.0. The van der Waals surface area contributed by atoms with Crippen molar-refractivity contribution >= 4 is 11.9 Å². The number of aliphatic carboxylic acids is 1. The number of rotatable bonds is 5. The number of nitrogens with zero attached hydrogens (tertiary/aromatic N) is 1. The van der Waals surface area contributed by atoms with Crippen LogP contribution in [0.15, 0.2) is 0 Å². The van der Waals surface area contributed by atoms with E-state index in [1.165, 1.54) is 0 Å². The summed E-state index contributed by atoms with van der Waals surface area (Å²) in [5, 5.41) is 8.89. The van der Waals surface area contributed by atoms with Crippen molar-refractivity contribution in [3.63, 3.8) is 0 Å². The molecule has 0 saturated carbocycles. The molecule has 3 atom stereocenters. The lowest BCUT2D eigenvalue weighted by Crippen LogP contribution is -2.47. The molecule has 6 nitrogen and oxygen atoms in total. The average Bonchev–Trinajstić information content (AvgIpc) is 2.94. The molecule has 2 aliphatic heterocycles. The minimum Gasteiger partial charge on any atom is -0.479 e. The molecule has 0 aromatic heterocycles. The van der Waals surface area contributed by atoms with Crippen LogP contribution in [0.5, 0.6) is 0 Å². The van der Waals surface area contributed by atoms with Crippen LogP contribution in [0.3, 0.4) is 0 Å². The Kier molecular flexibility index (Phi) is 5.37. The van der Waals surface area contributed by atoms with Crippen LogP contribution in [0.25, 0.3) is 0 Å². The summed E-state index contributed by atoms with van der Waals surface area (Å²) in [6, 6.07) is 0. The lowest BCUT2D eigenvalue weighted by molar-refractivity contribution is -0.156. The van der Waals surface area contributed by atoms with Crippen molar-refractivity contribution in [2.24, 2.45) is 0 Å². The van der Waals surface area contributed by atoms with Crippen LogP contribution in [0, 0.1) is 0 Å². The highest BCUT2D eigenvalue weighted by molar-refractivity contribution is 5.82. The Hall–Kier alpha value is -1.14. The quantitative estimate of drug-likeness (QED) is 0.816. The predicted octanol–water partition coefficient (Wildman–Crippen LogP) is 1.04. The van der Waals surface area contributed by atoms with Gasteiger partial charge in [-0.15, -0.1) is 0 Å². The molecule has 2 rings (SSSR count). The molecule has 0 aromatic carbocycles. The van der Waals surface area contributed by atoms with Gasteiger partial charge in [0, 0.05) is 19.7 Å². The van der Waals surface area contributed by atoms with Crippen LogP contribution in [0.4, 0.5) is 0 Å². The molecular formula is C14H23NO5. The van der Waals surface area contributed by atoms with E-state index >= 15 is 0 Å². The Labute approximate surface area is 119 Å². The van der Waals surface area contributed by atoms with Gasteiger partial charge in [-0.25, -0.2) is 4.79 Å². The molecule has 1 amide bonds. The third-order valence-corrected chi connectivity index (χ3v) is 3.82. The first-order chi connectivity index (χ1) is 9.61. The van der Waals surface area contributed by atoms with E-state index in [4.69, 9.17) is 14.6 Å². The molecular weight excluding hydrogens is 262 g/mol. The number of carboxylic acid groups (broad SMARTS) is 1. The molecule has 2 heterocycles. The van der Waals surface area contributed by atoms with Crippen LogP contribution in [-0.2, 0) is 19.1 Å². The molecule has 2 saturated heterocycles. The van der Waals surface area contributed by atoms with E-state index in [0.29, 0.717) is 32.5 Å². The minimum atomic E-state index is -0.983. The number of ether oxygens (including phenoxy) is 2. The lowest BCUT2D eigenvalue weighted by Gasteiger charge is -2.34. The van der Waals surface area contributed by atoms with Crippen molar-refractivity contribution in [1.82, 2.24) is 4.90 Å². The van der Waals surface area contributed by atoms with Crippen molar-refractivity contribution in [1.29, 1.82) is 0 Å². The van der Waals surface area contributed by atoms with Crippen molar-refractivity contribution in [3.05, 3.63) is 0 Å². The predicted molar refractivity (Wildman–Crippen MR) is 71.4 cm³/mol. The van der Waals surface area contributed by atoms with Gasteiger partial charge in [-0.3, -0.25) is 4.79 Å². The largest absolute Gasteiger partial charge is 0.479 e. The van der Waals surface area contributed by atoms with E-state index in [1.54, 1.807) is 4.90 Å². The highest BCUT2D eigenvalue weighted by Crippen LogP contribution is 2.23. The van der Waals surface area contributed by atoms with Crippen LogP contribution in [0.2, 0.25) is 0 Å². The Morgan fingerprint density at radius 3 is 2.70 bits per heavy atom. The summed E-state index contributed by atoms with van der Waals surface area (Å²) in [6.07, 6.45) is 2.45. The summed E-state index contributed by atoms with van der Waals surface area (Å²) in [7, 11) is 0. The summed E-state index contributed by atoms with van der Waals surface area (Å²) in [6.45, 7) is 4.08. The molecule has 0 aliphatic carbocycles.